The van der Waals surface area contributed by atoms with Crippen LogP contribution in [0.1, 0.15) is 79.1 Å². The van der Waals surface area contributed by atoms with Gasteiger partial charge in [-0.3, -0.25) is 0 Å². The van der Waals surface area contributed by atoms with Gasteiger partial charge in [-0.15, -0.1) is 0 Å². The van der Waals surface area contributed by atoms with Crippen molar-refractivity contribution < 1.29 is 114 Å². The molecular weight excluding hydrogens is 969 g/mol. The normalized spacial score (nSPS) is 57.1. The molecule has 0 aromatic heterocycles. The minimum atomic E-state index is -2.02. The van der Waals surface area contributed by atoms with E-state index in [-0.39, 0.29) is 16.9 Å². The fourth-order valence-electron chi connectivity index (χ4n) is 15.3. The first-order valence-electron chi connectivity index (χ1n) is 26.5. The van der Waals surface area contributed by atoms with Crippen LogP contribution >= 0.6 is 0 Å². The summed E-state index contributed by atoms with van der Waals surface area (Å²) in [6, 6.07) is 0. The molecule has 0 aromatic carbocycles. The number of hydrogen-bond donors (Lipinski definition) is 13. The molecule has 418 valence electrons. The molecule has 3 saturated carbocycles. The Morgan fingerprint density at radius 1 is 0.603 bits per heavy atom. The number of hydrogen-bond acceptors (Lipinski definition) is 23. The first-order valence-corrected chi connectivity index (χ1v) is 26.5. The lowest BCUT2D eigenvalue weighted by atomic mass is 9.46. The largest absolute Gasteiger partial charge is 0.394 e. The first-order chi connectivity index (χ1) is 34.7. The van der Waals surface area contributed by atoms with Gasteiger partial charge in [0.05, 0.1) is 51.3 Å². The van der Waals surface area contributed by atoms with Gasteiger partial charge in [0, 0.05) is 12.3 Å². The Bertz CT molecular complexity index is 1920. The maximum Gasteiger partial charge on any atom is 0.187 e. The molecule has 23 heteroatoms. The molecule has 0 radical (unpaired) electrons. The van der Waals surface area contributed by atoms with E-state index in [0.29, 0.717) is 48.3 Å². The molecular formula is C50H80O23. The highest BCUT2D eigenvalue weighted by Gasteiger charge is 2.69. The molecule has 0 amide bonds. The van der Waals surface area contributed by atoms with E-state index in [2.05, 4.69) is 33.8 Å². The molecule has 13 N–H and O–H groups in total. The molecule has 31 atom stereocenters. The molecule has 4 aliphatic carbocycles. The number of rotatable bonds is 11. The van der Waals surface area contributed by atoms with E-state index in [1.165, 1.54) is 0 Å². The molecule has 73 heavy (non-hydrogen) atoms. The molecule has 6 aliphatic heterocycles. The lowest BCUT2D eigenvalue weighted by Crippen LogP contribution is -2.68. The van der Waals surface area contributed by atoms with Gasteiger partial charge in [-0.2, -0.15) is 0 Å². The summed E-state index contributed by atoms with van der Waals surface area (Å²) in [6.45, 7) is 6.89. The van der Waals surface area contributed by atoms with E-state index in [4.69, 9.17) is 47.4 Å². The fourth-order valence-corrected chi connectivity index (χ4v) is 15.3. The average Bonchev–Trinajstić information content (AvgIpc) is 3.82. The van der Waals surface area contributed by atoms with Crippen molar-refractivity contribution in [1.29, 1.82) is 0 Å². The minimum Gasteiger partial charge on any atom is -0.394 e. The highest BCUT2D eigenvalue weighted by Crippen LogP contribution is 2.71. The zero-order chi connectivity index (χ0) is 52.2. The Balaban J connectivity index is 0.837. The van der Waals surface area contributed by atoms with Crippen molar-refractivity contribution in [3.63, 3.8) is 0 Å². The lowest BCUT2D eigenvalue weighted by molar-refractivity contribution is -0.404. The average molecular weight is 1050 g/mol. The molecule has 0 bridgehead atoms. The molecule has 10 aliphatic rings. The van der Waals surface area contributed by atoms with Gasteiger partial charge in [-0.25, -0.2) is 0 Å². The van der Waals surface area contributed by atoms with Gasteiger partial charge in [0.1, 0.15) is 91.6 Å². The van der Waals surface area contributed by atoms with Crippen molar-refractivity contribution in [2.24, 2.45) is 46.3 Å². The van der Waals surface area contributed by atoms with E-state index in [9.17, 15) is 66.4 Å². The molecule has 6 heterocycles. The van der Waals surface area contributed by atoms with Crippen molar-refractivity contribution in [2.75, 3.05) is 33.0 Å². The highest BCUT2D eigenvalue weighted by molar-refractivity contribution is 5.27. The Kier molecular flexibility index (Phi) is 16.0. The number of ether oxygens (including phenoxy) is 10. The Morgan fingerprint density at radius 2 is 1.23 bits per heavy atom. The van der Waals surface area contributed by atoms with Gasteiger partial charge in [0.25, 0.3) is 0 Å². The summed E-state index contributed by atoms with van der Waals surface area (Å²) < 4.78 is 61.0. The predicted octanol–water partition coefficient (Wildman–Crippen LogP) is -3.38. The quantitative estimate of drug-likeness (QED) is 0.0898. The maximum atomic E-state index is 11.9. The van der Waals surface area contributed by atoms with Crippen LogP contribution in [-0.4, -0.2) is 240 Å². The van der Waals surface area contributed by atoms with Gasteiger partial charge in [-0.1, -0.05) is 39.3 Å². The van der Waals surface area contributed by atoms with E-state index >= 15 is 0 Å². The third-order valence-electron chi connectivity index (χ3n) is 19.5. The summed E-state index contributed by atoms with van der Waals surface area (Å²) in [5.41, 5.74) is 0.927. The van der Waals surface area contributed by atoms with E-state index in [1.807, 2.05) is 0 Å². The third-order valence-corrected chi connectivity index (χ3v) is 19.5. The fraction of sp³-hybridized carbons (Fsp3) is 0.960. The standard InChI is InChI=1S/C50H80O23/c1-19-7-10-50(65-17-19)20(2)32-28(73-50)12-24-22-6-5-21-11-27(25(54)13-49(21,4)23(22)8-9-48(24,32)3)66-45-40(63)37(60)41(31(16-53)69-45)70-47-43(72-46-39(62)36(59)34(57)29(14-51)67-46)42(35(58)30(15-52)68-47)71-44-38(61)33(56)26(55)18-64-44/h5,19-20,22-47,51-63H,6-18H2,1-4H3/t19-,20+,22-,23?,24?,25-,26-,27-,28+,29-,30-,31-,32+,33+,34-,35-,36+,37-,38-,39-,40-,41+,42+,43-,44+,45-,46+,47+,48+,49+,50-/m1/s1. The van der Waals surface area contributed by atoms with Crippen LogP contribution in [0.5, 0.6) is 0 Å². The zero-order valence-corrected chi connectivity index (χ0v) is 41.8. The van der Waals surface area contributed by atoms with Crippen molar-refractivity contribution in [2.45, 2.75) is 220 Å². The van der Waals surface area contributed by atoms with Gasteiger partial charge in [-0.05, 0) is 85.4 Å². The number of fused-ring (bicyclic) bond motifs is 7. The second-order valence-electron chi connectivity index (χ2n) is 23.6. The number of allylic oxidation sites excluding steroid dienone is 1. The SMILES string of the molecule is C[C@@H]1CC[C@@]2(OC1)O[C@H]1CC3[C@@H]4CC=C5C[C@@H](O[C@@H]6O[C@H](CO)[C@H](O[C@@H]7O[C@H](CO)[C@@H](O)[C@H](O[C@@H]8OC[C@@H](O)[C@H](O)[C@H]8O)[C@H]7O[C@@H]7O[C@H](CO)[C@@H](O)[C@H](O)[C@H]7O)[C@H](O)[C@H]6O)[C@H](O)C[C@]5(C)C4CC[C@]3(C)[C@H]1[C@@H]2C. The summed E-state index contributed by atoms with van der Waals surface area (Å²) in [6.07, 6.45) is -26.6. The molecule has 1 spiro atoms. The second kappa shape index (κ2) is 21.1. The smallest absolute Gasteiger partial charge is 0.187 e. The van der Waals surface area contributed by atoms with Gasteiger partial charge < -0.3 is 114 Å². The van der Waals surface area contributed by atoms with E-state index < -0.39 is 161 Å². The predicted molar refractivity (Wildman–Crippen MR) is 244 cm³/mol. The summed E-state index contributed by atoms with van der Waals surface area (Å²) in [4.78, 5) is 0. The van der Waals surface area contributed by atoms with Crippen LogP contribution in [0.2, 0.25) is 0 Å². The summed E-state index contributed by atoms with van der Waals surface area (Å²) >= 11 is 0. The number of aliphatic hydroxyl groups excluding tert-OH is 13. The van der Waals surface area contributed by atoms with Crippen molar-refractivity contribution in [3.8, 4) is 0 Å². The number of aliphatic hydroxyl groups is 13. The maximum absolute atomic E-state index is 11.9. The van der Waals surface area contributed by atoms with Gasteiger partial charge in [0.15, 0.2) is 30.9 Å². The molecule has 6 saturated heterocycles. The van der Waals surface area contributed by atoms with E-state index in [0.717, 1.165) is 50.7 Å². The third kappa shape index (κ3) is 9.41. The highest BCUT2D eigenvalue weighted by atomic mass is 16.8. The van der Waals surface area contributed by atoms with Crippen LogP contribution in [0.4, 0.5) is 0 Å². The van der Waals surface area contributed by atoms with Crippen LogP contribution in [0.25, 0.3) is 0 Å². The Hall–Kier alpha value is -1.18. The van der Waals surface area contributed by atoms with Crippen LogP contribution in [0.3, 0.4) is 0 Å². The van der Waals surface area contributed by atoms with Crippen molar-refractivity contribution in [1.82, 2.24) is 0 Å². The molecule has 10 rings (SSSR count). The van der Waals surface area contributed by atoms with Crippen molar-refractivity contribution in [3.05, 3.63) is 11.6 Å². The summed E-state index contributed by atoms with van der Waals surface area (Å²) in [7, 11) is 0. The molecule has 9 fully saturated rings. The summed E-state index contributed by atoms with van der Waals surface area (Å²) in [5.74, 6) is 1.91. The zero-order valence-electron chi connectivity index (χ0n) is 41.8. The molecule has 2 unspecified atom stereocenters. The minimum absolute atomic E-state index is 0.101. The molecule has 23 nitrogen and oxygen atoms in total. The second-order valence-corrected chi connectivity index (χ2v) is 23.6. The van der Waals surface area contributed by atoms with Gasteiger partial charge >= 0.3 is 0 Å². The van der Waals surface area contributed by atoms with E-state index in [1.54, 1.807) is 0 Å². The van der Waals surface area contributed by atoms with Crippen LogP contribution in [-0.2, 0) is 47.4 Å². The topological polar surface area (TPSA) is 355 Å². The monoisotopic (exact) mass is 1050 g/mol. The Morgan fingerprint density at radius 3 is 1.93 bits per heavy atom. The van der Waals surface area contributed by atoms with Crippen LogP contribution in [0.15, 0.2) is 11.6 Å². The first kappa shape index (κ1) is 55.1. The van der Waals surface area contributed by atoms with Gasteiger partial charge in [0.2, 0.25) is 0 Å². The van der Waals surface area contributed by atoms with Crippen LogP contribution < -0.4 is 0 Å². The molecule has 0 aromatic rings. The van der Waals surface area contributed by atoms with Crippen molar-refractivity contribution >= 4 is 0 Å². The summed E-state index contributed by atoms with van der Waals surface area (Å²) in [5, 5.41) is 141. The van der Waals surface area contributed by atoms with Crippen LogP contribution in [0, 0.1) is 46.3 Å². The lowest BCUT2D eigenvalue weighted by Gasteiger charge is -2.59. The Labute approximate surface area is 423 Å².